The van der Waals surface area contributed by atoms with E-state index < -0.39 is 0 Å². The summed E-state index contributed by atoms with van der Waals surface area (Å²) in [6.45, 7) is 1.97. The minimum atomic E-state index is -0.262. The van der Waals surface area contributed by atoms with Gasteiger partial charge in [0.1, 0.15) is 11.5 Å². The van der Waals surface area contributed by atoms with Gasteiger partial charge in [0.05, 0.1) is 7.11 Å². The number of rotatable bonds is 4. The van der Waals surface area contributed by atoms with Crippen LogP contribution in [0.1, 0.15) is 28.9 Å². The van der Waals surface area contributed by atoms with Crippen LogP contribution >= 0.6 is 0 Å². The molecule has 88 valence electrons. The number of carbonyl (C=O) groups is 1. The maximum atomic E-state index is 12.1. The van der Waals surface area contributed by atoms with Gasteiger partial charge < -0.3 is 9.15 Å². The maximum Gasteiger partial charge on any atom is 0.250 e. The van der Waals surface area contributed by atoms with E-state index in [4.69, 9.17) is 9.15 Å². The highest BCUT2D eigenvalue weighted by molar-refractivity contribution is 6.07. The molecule has 0 aliphatic heterocycles. The lowest BCUT2D eigenvalue weighted by Crippen LogP contribution is -2.05. The smallest absolute Gasteiger partial charge is 0.250 e. The van der Waals surface area contributed by atoms with Gasteiger partial charge in [0.2, 0.25) is 5.78 Å². The Morgan fingerprint density at radius 2 is 2.24 bits per heavy atom. The molecule has 0 N–H and O–H groups in total. The summed E-state index contributed by atoms with van der Waals surface area (Å²) in [5.41, 5.74) is 0.270. The van der Waals surface area contributed by atoms with Gasteiger partial charge in [-0.25, -0.2) is 4.98 Å². The zero-order chi connectivity index (χ0) is 12.3. The molecule has 0 bridgehead atoms. The summed E-state index contributed by atoms with van der Waals surface area (Å²) in [6.07, 6.45) is 2.31. The molecule has 2 aromatic rings. The third kappa shape index (κ3) is 2.20. The molecule has 2 heterocycles. The van der Waals surface area contributed by atoms with Crippen molar-refractivity contribution in [2.45, 2.75) is 13.3 Å². The molecule has 0 saturated heterocycles. The lowest BCUT2D eigenvalue weighted by molar-refractivity contribution is 0.0999. The number of carbonyl (C=O) groups excluding carboxylic acids is 1. The van der Waals surface area contributed by atoms with Crippen LogP contribution < -0.4 is 4.74 Å². The van der Waals surface area contributed by atoms with Crippen molar-refractivity contribution in [3.8, 4) is 5.75 Å². The molecule has 0 saturated carbocycles. The fourth-order valence-electron chi connectivity index (χ4n) is 1.53. The fraction of sp³-hybridized carbons (Fsp3) is 0.231. The van der Waals surface area contributed by atoms with Crippen LogP contribution in [0.4, 0.5) is 0 Å². The molecule has 17 heavy (non-hydrogen) atoms. The van der Waals surface area contributed by atoms with Crippen molar-refractivity contribution in [3.05, 3.63) is 47.7 Å². The normalized spacial score (nSPS) is 10.2. The minimum absolute atomic E-state index is 0.262. The van der Waals surface area contributed by atoms with E-state index in [1.165, 1.54) is 7.11 Å². The first-order valence-corrected chi connectivity index (χ1v) is 5.38. The van der Waals surface area contributed by atoms with Crippen LogP contribution in [0.3, 0.4) is 0 Å². The van der Waals surface area contributed by atoms with Gasteiger partial charge in [0.15, 0.2) is 11.5 Å². The highest BCUT2D eigenvalue weighted by atomic mass is 16.5. The summed E-state index contributed by atoms with van der Waals surface area (Å²) in [7, 11) is 1.51. The molecule has 2 rings (SSSR count). The molecule has 4 nitrogen and oxygen atoms in total. The Bertz CT molecular complexity index is 531. The number of furan rings is 1. The Balaban J connectivity index is 2.36. The summed E-state index contributed by atoms with van der Waals surface area (Å²) in [6, 6.07) is 6.87. The van der Waals surface area contributed by atoms with Crippen LogP contribution in [-0.4, -0.2) is 17.9 Å². The molecule has 0 fully saturated rings. The molecule has 4 heteroatoms. The van der Waals surface area contributed by atoms with Gasteiger partial charge in [0, 0.05) is 12.6 Å². The highest BCUT2D eigenvalue weighted by Crippen LogP contribution is 2.20. The first-order valence-electron chi connectivity index (χ1n) is 5.38. The summed E-state index contributed by atoms with van der Waals surface area (Å²) in [5, 5.41) is 0. The predicted molar refractivity (Wildman–Crippen MR) is 62.3 cm³/mol. The topological polar surface area (TPSA) is 52.3 Å². The Morgan fingerprint density at radius 1 is 1.41 bits per heavy atom. The largest absolute Gasteiger partial charge is 0.494 e. The molecule has 0 radical (unpaired) electrons. The van der Waals surface area contributed by atoms with E-state index in [-0.39, 0.29) is 11.5 Å². The Hall–Kier alpha value is -2.10. The number of nitrogens with zero attached hydrogens (tertiary/aromatic N) is 1. The van der Waals surface area contributed by atoms with Crippen molar-refractivity contribution in [3.63, 3.8) is 0 Å². The standard InChI is InChI=1S/C13H13NO3/c1-3-9-6-7-11(17-9)13(15)12-10(16-2)5-4-8-14-12/h4-8H,3H2,1-2H3. The van der Waals surface area contributed by atoms with Gasteiger partial charge in [-0.3, -0.25) is 4.79 Å². The molecular weight excluding hydrogens is 218 g/mol. The van der Waals surface area contributed by atoms with E-state index in [9.17, 15) is 4.79 Å². The number of aryl methyl sites for hydroxylation is 1. The first-order chi connectivity index (χ1) is 8.26. The van der Waals surface area contributed by atoms with Crippen molar-refractivity contribution in [1.82, 2.24) is 4.98 Å². The van der Waals surface area contributed by atoms with Crippen LogP contribution in [0.5, 0.6) is 5.75 Å². The average molecular weight is 231 g/mol. The minimum Gasteiger partial charge on any atom is -0.494 e. The molecule has 0 amide bonds. The molecule has 0 aromatic carbocycles. The van der Waals surface area contributed by atoms with E-state index in [0.717, 1.165) is 12.2 Å². The summed E-state index contributed by atoms with van der Waals surface area (Å²) in [5.74, 6) is 1.26. The third-order valence-electron chi connectivity index (χ3n) is 2.44. The number of pyridine rings is 1. The SMILES string of the molecule is CCc1ccc(C(=O)c2ncccc2OC)o1. The van der Waals surface area contributed by atoms with Gasteiger partial charge in [-0.1, -0.05) is 6.92 Å². The second-order valence-electron chi connectivity index (χ2n) is 3.50. The zero-order valence-electron chi connectivity index (χ0n) is 9.77. The van der Waals surface area contributed by atoms with Crippen LogP contribution in [0.25, 0.3) is 0 Å². The Morgan fingerprint density at radius 3 is 2.88 bits per heavy atom. The van der Waals surface area contributed by atoms with Crippen molar-refractivity contribution in [1.29, 1.82) is 0 Å². The maximum absolute atomic E-state index is 12.1. The van der Waals surface area contributed by atoms with Crippen LogP contribution in [0, 0.1) is 0 Å². The quantitative estimate of drug-likeness (QED) is 0.758. The van der Waals surface area contributed by atoms with Crippen molar-refractivity contribution in [2.24, 2.45) is 0 Å². The van der Waals surface area contributed by atoms with Crippen molar-refractivity contribution < 1.29 is 13.9 Å². The Labute approximate surface area is 99.2 Å². The summed E-state index contributed by atoms with van der Waals surface area (Å²) >= 11 is 0. The lowest BCUT2D eigenvalue weighted by Gasteiger charge is -2.03. The molecule has 0 aliphatic carbocycles. The lowest BCUT2D eigenvalue weighted by atomic mass is 10.2. The van der Waals surface area contributed by atoms with Crippen molar-refractivity contribution >= 4 is 5.78 Å². The molecule has 2 aromatic heterocycles. The van der Waals surface area contributed by atoms with Crippen LogP contribution in [-0.2, 0) is 6.42 Å². The average Bonchev–Trinajstić information content (AvgIpc) is 2.86. The van der Waals surface area contributed by atoms with Crippen molar-refractivity contribution in [2.75, 3.05) is 7.11 Å². The predicted octanol–water partition coefficient (Wildman–Crippen LogP) is 2.48. The first kappa shape index (κ1) is 11.4. The molecule has 0 aliphatic rings. The van der Waals surface area contributed by atoms with Crippen LogP contribution in [0.15, 0.2) is 34.9 Å². The monoisotopic (exact) mass is 231 g/mol. The number of ketones is 1. The van der Waals surface area contributed by atoms with Gasteiger partial charge in [0.25, 0.3) is 0 Å². The van der Waals surface area contributed by atoms with E-state index in [0.29, 0.717) is 11.5 Å². The fourth-order valence-corrected chi connectivity index (χ4v) is 1.53. The van der Waals surface area contributed by atoms with Gasteiger partial charge in [-0.05, 0) is 24.3 Å². The van der Waals surface area contributed by atoms with E-state index in [1.54, 1.807) is 30.5 Å². The molecular formula is C13H13NO3. The molecule has 0 spiro atoms. The summed E-state index contributed by atoms with van der Waals surface area (Å²) in [4.78, 5) is 16.1. The van der Waals surface area contributed by atoms with Crippen LogP contribution in [0.2, 0.25) is 0 Å². The van der Waals surface area contributed by atoms with Gasteiger partial charge >= 0.3 is 0 Å². The highest BCUT2D eigenvalue weighted by Gasteiger charge is 2.18. The second-order valence-corrected chi connectivity index (χ2v) is 3.50. The number of hydrogen-bond acceptors (Lipinski definition) is 4. The van der Waals surface area contributed by atoms with E-state index in [2.05, 4.69) is 4.98 Å². The number of ether oxygens (including phenoxy) is 1. The van der Waals surface area contributed by atoms with E-state index in [1.807, 2.05) is 6.92 Å². The number of hydrogen-bond donors (Lipinski definition) is 0. The summed E-state index contributed by atoms with van der Waals surface area (Å²) < 4.78 is 10.5. The van der Waals surface area contributed by atoms with E-state index >= 15 is 0 Å². The zero-order valence-corrected chi connectivity index (χ0v) is 9.77. The van der Waals surface area contributed by atoms with Gasteiger partial charge in [-0.15, -0.1) is 0 Å². The molecule has 0 atom stereocenters. The second kappa shape index (κ2) is 4.82. The number of aromatic nitrogens is 1. The number of methoxy groups -OCH3 is 1. The third-order valence-corrected chi connectivity index (χ3v) is 2.44. The Kier molecular flexibility index (Phi) is 3.23. The molecule has 0 unspecified atom stereocenters. The van der Waals surface area contributed by atoms with Gasteiger partial charge in [-0.2, -0.15) is 0 Å².